The number of fused-ring (bicyclic) bond motifs is 4. The quantitative estimate of drug-likeness (QED) is 0.763. The maximum Gasteiger partial charge on any atom is 0.333 e. The number of carbonyl (C=O) groups excluding carboxylic acids is 1. The van der Waals surface area contributed by atoms with Crippen molar-refractivity contribution in [2.45, 2.75) is 45.3 Å². The van der Waals surface area contributed by atoms with Crippen LogP contribution >= 0.6 is 0 Å². The number of nitrogens with one attached hydrogen (secondary N) is 1. The summed E-state index contributed by atoms with van der Waals surface area (Å²) in [5, 5.41) is 6.52. The van der Waals surface area contributed by atoms with Gasteiger partial charge in [-0.2, -0.15) is 13.9 Å². The standard InChI is InChI=1S/C18H23F2N5O/c1-10-3-2-4-14(22)11-5-6-12(8-21)13(7-11)16-15(24-17(10)26)9-23-25(16)18(19)20/h5-7,9-10,14,18H,2-4,8,21-22H2,1H3,(H,24,26)/t10-,14+/m1/s1. The molecule has 0 unspecified atom stereocenters. The maximum atomic E-state index is 13.5. The topological polar surface area (TPSA) is 99.0 Å². The first kappa shape index (κ1) is 18.5. The largest absolute Gasteiger partial charge is 0.333 e. The summed E-state index contributed by atoms with van der Waals surface area (Å²) in [6, 6.07) is 5.23. The lowest BCUT2D eigenvalue weighted by Crippen LogP contribution is -2.22. The summed E-state index contributed by atoms with van der Waals surface area (Å²) in [6.45, 7) is -0.860. The van der Waals surface area contributed by atoms with Crippen molar-refractivity contribution >= 4 is 11.6 Å². The molecule has 0 saturated carbocycles. The Morgan fingerprint density at radius 1 is 1.38 bits per heavy atom. The number of rotatable bonds is 2. The van der Waals surface area contributed by atoms with E-state index in [0.29, 0.717) is 28.7 Å². The Bertz CT molecular complexity index is 805. The van der Waals surface area contributed by atoms with Gasteiger partial charge in [0.15, 0.2) is 0 Å². The van der Waals surface area contributed by atoms with Crippen LogP contribution in [0.25, 0.3) is 11.3 Å². The molecule has 1 aliphatic rings. The molecule has 0 fully saturated rings. The summed E-state index contributed by atoms with van der Waals surface area (Å²) < 4.78 is 27.7. The molecule has 0 radical (unpaired) electrons. The van der Waals surface area contributed by atoms with E-state index in [4.69, 9.17) is 11.5 Å². The minimum Gasteiger partial charge on any atom is -0.326 e. The van der Waals surface area contributed by atoms with Gasteiger partial charge in [0.05, 0.1) is 17.6 Å². The van der Waals surface area contributed by atoms with E-state index in [1.807, 2.05) is 13.0 Å². The normalized spacial score (nSPS) is 20.9. The van der Waals surface area contributed by atoms with Gasteiger partial charge in [0, 0.05) is 24.1 Å². The zero-order valence-electron chi connectivity index (χ0n) is 14.6. The highest BCUT2D eigenvalue weighted by Crippen LogP contribution is 2.36. The van der Waals surface area contributed by atoms with E-state index in [2.05, 4.69) is 10.4 Å². The van der Waals surface area contributed by atoms with Crippen molar-refractivity contribution in [2.75, 3.05) is 5.32 Å². The second kappa shape index (κ2) is 7.51. The summed E-state index contributed by atoms with van der Waals surface area (Å²) in [7, 11) is 0. The molecule has 1 aromatic heterocycles. The Hall–Kier alpha value is -2.32. The number of nitrogens with zero attached hydrogens (tertiary/aromatic N) is 2. The Morgan fingerprint density at radius 3 is 2.85 bits per heavy atom. The predicted molar refractivity (Wildman–Crippen MR) is 95.4 cm³/mol. The third-order valence-corrected chi connectivity index (χ3v) is 4.88. The van der Waals surface area contributed by atoms with Crippen LogP contribution in [0, 0.1) is 5.92 Å². The van der Waals surface area contributed by atoms with Crippen molar-refractivity contribution in [2.24, 2.45) is 17.4 Å². The fourth-order valence-electron chi connectivity index (χ4n) is 3.29. The van der Waals surface area contributed by atoms with E-state index in [-0.39, 0.29) is 35.8 Å². The first-order chi connectivity index (χ1) is 12.4. The average molecular weight is 363 g/mol. The van der Waals surface area contributed by atoms with E-state index in [1.54, 1.807) is 12.1 Å². The highest BCUT2D eigenvalue weighted by molar-refractivity contribution is 5.96. The third kappa shape index (κ3) is 3.47. The number of benzene rings is 1. The summed E-state index contributed by atoms with van der Waals surface area (Å²) in [5.74, 6) is -0.476. The molecule has 140 valence electrons. The Kier molecular flexibility index (Phi) is 5.33. The number of halogens is 2. The number of alkyl halides is 2. The molecule has 0 saturated heterocycles. The Labute approximate surface area is 150 Å². The van der Waals surface area contributed by atoms with Crippen LogP contribution in [-0.2, 0) is 11.3 Å². The highest BCUT2D eigenvalue weighted by Gasteiger charge is 2.25. The molecule has 1 amide bonds. The molecule has 2 aromatic rings. The van der Waals surface area contributed by atoms with Crippen LogP contribution in [-0.4, -0.2) is 15.7 Å². The minimum absolute atomic E-state index is 0.149. The van der Waals surface area contributed by atoms with Gasteiger partial charge in [0.25, 0.3) is 0 Å². The van der Waals surface area contributed by atoms with Gasteiger partial charge < -0.3 is 16.8 Å². The second-order valence-corrected chi connectivity index (χ2v) is 6.68. The highest BCUT2D eigenvalue weighted by atomic mass is 19.3. The van der Waals surface area contributed by atoms with Gasteiger partial charge in [0.1, 0.15) is 0 Å². The van der Waals surface area contributed by atoms with Crippen molar-refractivity contribution in [1.29, 1.82) is 0 Å². The molecule has 26 heavy (non-hydrogen) atoms. The van der Waals surface area contributed by atoms with Crippen molar-refractivity contribution in [3.8, 4) is 11.3 Å². The number of carbonyl (C=O) groups is 1. The van der Waals surface area contributed by atoms with Gasteiger partial charge in [-0.05, 0) is 30.0 Å². The van der Waals surface area contributed by atoms with Crippen molar-refractivity contribution in [1.82, 2.24) is 9.78 Å². The molecule has 0 aliphatic carbocycles. The number of hydrogen-bond donors (Lipinski definition) is 3. The van der Waals surface area contributed by atoms with Crippen molar-refractivity contribution in [3.05, 3.63) is 35.5 Å². The number of hydrogen-bond acceptors (Lipinski definition) is 4. The number of anilines is 1. The maximum absolute atomic E-state index is 13.5. The van der Waals surface area contributed by atoms with E-state index >= 15 is 0 Å². The predicted octanol–water partition coefficient (Wildman–Crippen LogP) is 3.16. The molecule has 6 nitrogen and oxygen atoms in total. The SMILES string of the molecule is C[C@@H]1CCC[C@H](N)c2ccc(CN)c(c2)-c2c(cnn2C(F)F)NC1=O. The molecule has 2 bridgehead atoms. The zero-order chi connectivity index (χ0) is 18.8. The second-order valence-electron chi connectivity index (χ2n) is 6.68. The van der Waals surface area contributed by atoms with Gasteiger partial charge >= 0.3 is 6.55 Å². The fraction of sp³-hybridized carbons (Fsp3) is 0.444. The van der Waals surface area contributed by atoms with E-state index < -0.39 is 6.55 Å². The van der Waals surface area contributed by atoms with Gasteiger partial charge in [-0.15, -0.1) is 0 Å². The lowest BCUT2D eigenvalue weighted by atomic mass is 9.92. The molecular weight excluding hydrogens is 340 g/mol. The fourth-order valence-corrected chi connectivity index (χ4v) is 3.29. The smallest absolute Gasteiger partial charge is 0.326 e. The molecule has 5 N–H and O–H groups in total. The number of aromatic nitrogens is 2. The first-order valence-corrected chi connectivity index (χ1v) is 8.67. The van der Waals surface area contributed by atoms with Gasteiger partial charge in [-0.25, -0.2) is 4.68 Å². The van der Waals surface area contributed by atoms with Crippen LogP contribution in [0.4, 0.5) is 14.5 Å². The Morgan fingerprint density at radius 2 is 2.15 bits per heavy atom. The molecule has 2 heterocycles. The summed E-state index contributed by atoms with van der Waals surface area (Å²) in [6.07, 6.45) is 3.43. The number of amides is 1. The van der Waals surface area contributed by atoms with Crippen LogP contribution < -0.4 is 16.8 Å². The molecule has 8 heteroatoms. The van der Waals surface area contributed by atoms with Gasteiger partial charge in [-0.3, -0.25) is 4.79 Å². The van der Waals surface area contributed by atoms with E-state index in [0.717, 1.165) is 12.0 Å². The summed E-state index contributed by atoms with van der Waals surface area (Å²) in [4.78, 5) is 12.4. The molecule has 3 rings (SSSR count). The minimum atomic E-state index is -2.84. The lowest BCUT2D eigenvalue weighted by Gasteiger charge is -2.20. The summed E-state index contributed by atoms with van der Waals surface area (Å²) >= 11 is 0. The molecule has 2 atom stereocenters. The van der Waals surface area contributed by atoms with E-state index in [9.17, 15) is 13.6 Å². The third-order valence-electron chi connectivity index (χ3n) is 4.88. The molecule has 1 aromatic carbocycles. The van der Waals surface area contributed by atoms with Gasteiger partial charge in [0.2, 0.25) is 5.91 Å². The van der Waals surface area contributed by atoms with Gasteiger partial charge in [-0.1, -0.05) is 25.5 Å². The van der Waals surface area contributed by atoms with Crippen molar-refractivity contribution < 1.29 is 13.6 Å². The Balaban J connectivity index is 2.23. The van der Waals surface area contributed by atoms with Crippen LogP contribution in [0.2, 0.25) is 0 Å². The van der Waals surface area contributed by atoms with Crippen LogP contribution in [0.1, 0.15) is 49.9 Å². The van der Waals surface area contributed by atoms with Crippen LogP contribution in [0.3, 0.4) is 0 Å². The van der Waals surface area contributed by atoms with Crippen LogP contribution in [0.15, 0.2) is 24.4 Å². The molecular formula is C18H23F2N5O. The molecule has 0 spiro atoms. The monoisotopic (exact) mass is 363 g/mol. The van der Waals surface area contributed by atoms with Crippen LogP contribution in [0.5, 0.6) is 0 Å². The zero-order valence-corrected chi connectivity index (χ0v) is 14.6. The lowest BCUT2D eigenvalue weighted by molar-refractivity contribution is -0.119. The first-order valence-electron chi connectivity index (χ1n) is 8.67. The summed E-state index contributed by atoms with van der Waals surface area (Å²) in [5.41, 5.74) is 14.6. The van der Waals surface area contributed by atoms with Crippen molar-refractivity contribution in [3.63, 3.8) is 0 Å². The number of nitrogens with two attached hydrogens (primary N) is 2. The molecule has 1 aliphatic heterocycles. The average Bonchev–Trinajstić information content (AvgIpc) is 3.03. The van der Waals surface area contributed by atoms with E-state index in [1.165, 1.54) is 6.20 Å².